The average Bonchev–Trinajstić information content (AvgIpc) is 3.05. The minimum absolute atomic E-state index is 0.262. The fourth-order valence-corrected chi connectivity index (χ4v) is 4.16. The smallest absolute Gasteiger partial charge is 0.148 e. The Kier molecular flexibility index (Phi) is 6.65. The summed E-state index contributed by atoms with van der Waals surface area (Å²) >= 11 is 1.67. The molecule has 7 nitrogen and oxygen atoms in total. The third kappa shape index (κ3) is 5.18. The second-order valence-corrected chi connectivity index (χ2v) is 7.77. The summed E-state index contributed by atoms with van der Waals surface area (Å²) in [6, 6.07) is 7.24. The first-order chi connectivity index (χ1) is 13.1. The van der Waals surface area contributed by atoms with E-state index in [2.05, 4.69) is 15.1 Å². The third-order valence-electron chi connectivity index (χ3n) is 4.20. The molecule has 0 unspecified atom stereocenters. The van der Waals surface area contributed by atoms with Crippen LogP contribution in [0.3, 0.4) is 0 Å². The van der Waals surface area contributed by atoms with Gasteiger partial charge < -0.3 is 25.0 Å². The third-order valence-corrected chi connectivity index (χ3v) is 5.23. The maximum Gasteiger partial charge on any atom is 0.148 e. The highest BCUT2D eigenvalue weighted by molar-refractivity contribution is 7.14. The molecule has 1 aromatic carbocycles. The fraction of sp³-hybridized carbons (Fsp3) is 0.474. The number of nitrogens with one attached hydrogen (secondary N) is 1. The van der Waals surface area contributed by atoms with Crippen LogP contribution in [-0.2, 0) is 17.8 Å². The van der Waals surface area contributed by atoms with Crippen molar-refractivity contribution in [1.29, 1.82) is 0 Å². The maximum absolute atomic E-state index is 9.72. The summed E-state index contributed by atoms with van der Waals surface area (Å²) in [7, 11) is 5.97. The van der Waals surface area contributed by atoms with Crippen molar-refractivity contribution in [2.45, 2.75) is 13.1 Å². The molecule has 0 saturated carbocycles. The van der Waals surface area contributed by atoms with E-state index in [1.165, 1.54) is 0 Å². The predicted molar refractivity (Wildman–Crippen MR) is 110 cm³/mol. The van der Waals surface area contributed by atoms with E-state index in [1.54, 1.807) is 23.5 Å². The molecular weight excluding hydrogens is 362 g/mol. The highest BCUT2D eigenvalue weighted by Crippen LogP contribution is 2.27. The lowest BCUT2D eigenvalue weighted by Gasteiger charge is -2.29. The Balaban J connectivity index is 1.94. The van der Waals surface area contributed by atoms with Crippen molar-refractivity contribution in [2.24, 2.45) is 4.99 Å². The second kappa shape index (κ2) is 9.16. The minimum atomic E-state index is 0.262. The summed E-state index contributed by atoms with van der Waals surface area (Å²) in [6.45, 7) is 4.31. The summed E-state index contributed by atoms with van der Waals surface area (Å²) in [6.07, 6.45) is 0. The molecule has 3 rings (SSSR count). The lowest BCUT2D eigenvalue weighted by Crippen LogP contribution is -2.41. The molecule has 2 aromatic rings. The number of morpholine rings is 1. The van der Waals surface area contributed by atoms with Gasteiger partial charge in [0, 0.05) is 26.7 Å². The van der Waals surface area contributed by atoms with Crippen LogP contribution in [0.5, 0.6) is 5.75 Å². The van der Waals surface area contributed by atoms with Crippen LogP contribution in [0.4, 0.5) is 5.82 Å². The molecule has 0 atom stereocenters. The minimum Gasteiger partial charge on any atom is -0.508 e. The Hall–Kier alpha value is -2.16. The fourth-order valence-electron chi connectivity index (χ4n) is 2.94. The van der Waals surface area contributed by atoms with E-state index in [0.717, 1.165) is 46.7 Å². The zero-order chi connectivity index (χ0) is 19.2. The van der Waals surface area contributed by atoms with E-state index < -0.39 is 0 Å². The van der Waals surface area contributed by atoms with Gasteiger partial charge in [-0.1, -0.05) is 12.1 Å². The highest BCUT2D eigenvalue weighted by atomic mass is 32.1. The van der Waals surface area contributed by atoms with Crippen molar-refractivity contribution in [3.8, 4) is 5.75 Å². The summed E-state index contributed by atoms with van der Waals surface area (Å²) < 4.78 is 5.51. The molecule has 2 heterocycles. The van der Waals surface area contributed by atoms with Crippen molar-refractivity contribution in [1.82, 2.24) is 14.8 Å². The number of anilines is 1. The van der Waals surface area contributed by atoms with E-state index in [-0.39, 0.29) is 5.75 Å². The molecule has 27 heavy (non-hydrogen) atoms. The number of aromatic nitrogens is 1. The van der Waals surface area contributed by atoms with Gasteiger partial charge in [0.15, 0.2) is 0 Å². The zero-order valence-electron chi connectivity index (χ0n) is 16.1. The first kappa shape index (κ1) is 19.6. The Morgan fingerprint density at radius 2 is 2.15 bits per heavy atom. The number of rotatable bonds is 6. The number of phenolic OH excluding ortho intramolecular Hbond substituents is 1. The molecule has 1 aliphatic rings. The lowest BCUT2D eigenvalue weighted by atomic mass is 10.2. The number of amidine groups is 1. The molecule has 0 bridgehead atoms. The van der Waals surface area contributed by atoms with Crippen LogP contribution in [0.15, 0.2) is 29.3 Å². The van der Waals surface area contributed by atoms with Crippen molar-refractivity contribution < 1.29 is 9.84 Å². The number of ether oxygens (including phenoxy) is 1. The number of hydrogen-bond acceptors (Lipinski definition) is 7. The number of phenols is 1. The SMILES string of the molecule is CNc1nc(CN(C)C)sc1C(=NCc1cccc(O)c1)N1CCOCC1. The zero-order valence-corrected chi connectivity index (χ0v) is 16.9. The Bertz CT molecular complexity index is 784. The summed E-state index contributed by atoms with van der Waals surface area (Å²) in [5.41, 5.74) is 0.977. The van der Waals surface area contributed by atoms with Crippen LogP contribution in [0.1, 0.15) is 15.4 Å². The topological polar surface area (TPSA) is 73.2 Å². The normalized spacial score (nSPS) is 15.4. The van der Waals surface area contributed by atoms with Crippen molar-refractivity contribution in [3.63, 3.8) is 0 Å². The van der Waals surface area contributed by atoms with Gasteiger partial charge in [-0.2, -0.15) is 0 Å². The number of hydrogen-bond donors (Lipinski definition) is 2. The van der Waals surface area contributed by atoms with E-state index in [4.69, 9.17) is 14.7 Å². The summed E-state index contributed by atoms with van der Waals surface area (Å²) in [4.78, 5) is 15.1. The molecule has 0 radical (unpaired) electrons. The largest absolute Gasteiger partial charge is 0.508 e. The molecular formula is C19H27N5O2S. The molecule has 0 spiro atoms. The summed E-state index contributed by atoms with van der Waals surface area (Å²) in [5.74, 6) is 2.06. The van der Waals surface area contributed by atoms with E-state index in [1.807, 2.05) is 33.3 Å². The molecule has 1 saturated heterocycles. The Morgan fingerprint density at radius 3 is 2.81 bits per heavy atom. The van der Waals surface area contributed by atoms with Crippen LogP contribution in [0, 0.1) is 0 Å². The van der Waals surface area contributed by atoms with Crippen LogP contribution in [-0.4, -0.2) is 73.2 Å². The molecule has 1 fully saturated rings. The number of thiazole rings is 1. The molecule has 0 amide bonds. The molecule has 2 N–H and O–H groups in total. The predicted octanol–water partition coefficient (Wildman–Crippen LogP) is 2.23. The van der Waals surface area contributed by atoms with E-state index >= 15 is 0 Å². The van der Waals surface area contributed by atoms with Crippen LogP contribution < -0.4 is 5.32 Å². The summed E-state index contributed by atoms with van der Waals surface area (Å²) in [5, 5.41) is 14.0. The van der Waals surface area contributed by atoms with Crippen LogP contribution in [0.2, 0.25) is 0 Å². The Labute approximate surface area is 164 Å². The van der Waals surface area contributed by atoms with Gasteiger partial charge in [0.1, 0.15) is 27.3 Å². The van der Waals surface area contributed by atoms with Crippen LogP contribution >= 0.6 is 11.3 Å². The second-order valence-electron chi connectivity index (χ2n) is 6.68. The first-order valence-electron chi connectivity index (χ1n) is 9.04. The molecule has 8 heteroatoms. The molecule has 0 aliphatic carbocycles. The van der Waals surface area contributed by atoms with Crippen molar-refractivity contribution in [2.75, 3.05) is 52.8 Å². The lowest BCUT2D eigenvalue weighted by molar-refractivity contribution is 0.0682. The standard InChI is InChI=1S/C19H27N5O2S/c1-20-18-17(27-16(22-18)13-23(2)3)19(24-7-9-26-10-8-24)21-12-14-5-4-6-15(25)11-14/h4-6,11,20,25H,7-10,12-13H2,1-3H3. The van der Waals surface area contributed by atoms with Crippen LogP contribution in [0.25, 0.3) is 0 Å². The number of nitrogens with zero attached hydrogens (tertiary/aromatic N) is 4. The number of aliphatic imine (C=N–C) groups is 1. The van der Waals surface area contributed by atoms with Gasteiger partial charge in [-0.15, -0.1) is 11.3 Å². The quantitative estimate of drug-likeness (QED) is 0.583. The van der Waals surface area contributed by atoms with Gasteiger partial charge in [0.05, 0.1) is 19.8 Å². The number of benzene rings is 1. The first-order valence-corrected chi connectivity index (χ1v) is 9.86. The molecule has 1 aromatic heterocycles. The Morgan fingerprint density at radius 1 is 1.37 bits per heavy atom. The van der Waals surface area contributed by atoms with Gasteiger partial charge in [-0.25, -0.2) is 4.98 Å². The van der Waals surface area contributed by atoms with E-state index in [0.29, 0.717) is 19.8 Å². The van der Waals surface area contributed by atoms with Gasteiger partial charge >= 0.3 is 0 Å². The molecule has 1 aliphatic heterocycles. The maximum atomic E-state index is 9.72. The van der Waals surface area contributed by atoms with Crippen molar-refractivity contribution in [3.05, 3.63) is 39.7 Å². The van der Waals surface area contributed by atoms with E-state index in [9.17, 15) is 5.11 Å². The van der Waals surface area contributed by atoms with Gasteiger partial charge in [-0.05, 0) is 31.8 Å². The van der Waals surface area contributed by atoms with Gasteiger partial charge in [0.25, 0.3) is 0 Å². The van der Waals surface area contributed by atoms with Gasteiger partial charge in [-0.3, -0.25) is 4.99 Å². The molecule has 146 valence electrons. The van der Waals surface area contributed by atoms with Crippen molar-refractivity contribution >= 4 is 23.0 Å². The highest BCUT2D eigenvalue weighted by Gasteiger charge is 2.23. The monoisotopic (exact) mass is 389 g/mol. The average molecular weight is 390 g/mol. The number of aromatic hydroxyl groups is 1. The van der Waals surface area contributed by atoms with Gasteiger partial charge in [0.2, 0.25) is 0 Å².